The van der Waals surface area contributed by atoms with Crippen LogP contribution in [0.15, 0.2) is 24.0 Å². The number of amides is 1. The van der Waals surface area contributed by atoms with Gasteiger partial charge in [-0.25, -0.2) is 0 Å². The van der Waals surface area contributed by atoms with Crippen molar-refractivity contribution in [3.8, 4) is 0 Å². The Kier molecular flexibility index (Phi) is 4.23. The van der Waals surface area contributed by atoms with Gasteiger partial charge in [0, 0.05) is 12.1 Å². The number of methoxy groups -OCH3 is 1. The van der Waals surface area contributed by atoms with Crippen molar-refractivity contribution in [2.45, 2.75) is 32.2 Å². The molecule has 1 aliphatic carbocycles. The van der Waals surface area contributed by atoms with Gasteiger partial charge in [0.1, 0.15) is 0 Å². The van der Waals surface area contributed by atoms with E-state index in [9.17, 15) is 4.79 Å². The molecule has 0 fully saturated rings. The summed E-state index contributed by atoms with van der Waals surface area (Å²) in [7, 11) is 1.56. The fourth-order valence-corrected chi connectivity index (χ4v) is 1.41. The van der Waals surface area contributed by atoms with E-state index in [2.05, 4.69) is 17.5 Å². The number of allylic oxidation sites excluding steroid dienone is 2. The van der Waals surface area contributed by atoms with E-state index in [-0.39, 0.29) is 11.9 Å². The molecule has 1 amide bonds. The van der Waals surface area contributed by atoms with Gasteiger partial charge in [-0.2, -0.15) is 0 Å². The Morgan fingerprint density at radius 2 is 2.36 bits per heavy atom. The number of hydrogen-bond donors (Lipinski definition) is 1. The van der Waals surface area contributed by atoms with E-state index in [1.807, 2.05) is 0 Å². The van der Waals surface area contributed by atoms with Crippen molar-refractivity contribution in [1.82, 2.24) is 5.32 Å². The van der Waals surface area contributed by atoms with Gasteiger partial charge < -0.3 is 10.1 Å². The van der Waals surface area contributed by atoms with Gasteiger partial charge in [0.25, 0.3) is 0 Å². The van der Waals surface area contributed by atoms with Gasteiger partial charge in [0.05, 0.1) is 12.9 Å². The molecule has 3 nitrogen and oxygen atoms in total. The van der Waals surface area contributed by atoms with Crippen LogP contribution < -0.4 is 5.32 Å². The Balaban J connectivity index is 2.36. The third-order valence-electron chi connectivity index (χ3n) is 2.27. The quantitative estimate of drug-likeness (QED) is 0.423. The van der Waals surface area contributed by atoms with Crippen LogP contribution in [0.3, 0.4) is 0 Å². The minimum absolute atomic E-state index is 0.0651. The third-order valence-corrected chi connectivity index (χ3v) is 2.27. The van der Waals surface area contributed by atoms with Gasteiger partial charge in [0.2, 0.25) is 5.91 Å². The van der Waals surface area contributed by atoms with Gasteiger partial charge in [-0.15, -0.1) is 0 Å². The minimum Gasteiger partial charge on any atom is -0.501 e. The molecule has 1 unspecified atom stereocenters. The third kappa shape index (κ3) is 3.64. The van der Waals surface area contributed by atoms with Crippen LogP contribution in [0.4, 0.5) is 0 Å². The first-order valence-corrected chi connectivity index (χ1v) is 4.90. The lowest BCUT2D eigenvalue weighted by Gasteiger charge is -2.18. The Labute approximate surface area is 84.8 Å². The van der Waals surface area contributed by atoms with Crippen LogP contribution >= 0.6 is 0 Å². The smallest absolute Gasteiger partial charge is 0.247 e. The molecule has 0 aliphatic heterocycles. The predicted molar refractivity (Wildman–Crippen MR) is 55.7 cm³/mol. The number of nitrogens with one attached hydrogen (secondary N) is 1. The maximum absolute atomic E-state index is 11.4. The summed E-state index contributed by atoms with van der Waals surface area (Å²) in [6.45, 7) is 1.76. The first kappa shape index (κ1) is 10.8. The second kappa shape index (κ2) is 5.47. The van der Waals surface area contributed by atoms with Crippen LogP contribution in [0.1, 0.15) is 26.2 Å². The highest BCUT2D eigenvalue weighted by Gasteiger charge is 2.11. The normalized spacial score (nSPS) is 21.9. The van der Waals surface area contributed by atoms with Crippen LogP contribution in [0.5, 0.6) is 0 Å². The van der Waals surface area contributed by atoms with Gasteiger partial charge in [0.15, 0.2) is 0 Å². The van der Waals surface area contributed by atoms with E-state index in [0.717, 1.165) is 19.3 Å². The molecule has 0 aromatic carbocycles. The zero-order valence-electron chi connectivity index (χ0n) is 8.75. The summed E-state index contributed by atoms with van der Waals surface area (Å²) >= 11 is 0. The summed E-state index contributed by atoms with van der Waals surface area (Å²) in [5.41, 5.74) is 0. The second-order valence-electron chi connectivity index (χ2n) is 3.45. The second-order valence-corrected chi connectivity index (χ2v) is 3.45. The molecule has 14 heavy (non-hydrogen) atoms. The molecule has 1 atom stereocenters. The molecule has 0 bridgehead atoms. The Bertz CT molecular complexity index is 256. The predicted octanol–water partition coefficient (Wildman–Crippen LogP) is 1.76. The zero-order chi connectivity index (χ0) is 10.4. The number of hydrogen-bond acceptors (Lipinski definition) is 2. The van der Waals surface area contributed by atoms with Crippen molar-refractivity contribution in [3.05, 3.63) is 24.0 Å². The van der Waals surface area contributed by atoms with Crippen LogP contribution in [0.2, 0.25) is 0 Å². The standard InChI is InChI=1S/C11H17NO2/c1-9(14-2)8-11(13)12-10-6-4-3-5-7-10/h3-4,8,10H,5-7H2,1-2H3,(H,12,13). The maximum Gasteiger partial charge on any atom is 0.247 e. The van der Waals surface area contributed by atoms with Crippen molar-refractivity contribution >= 4 is 5.91 Å². The Hall–Kier alpha value is -1.25. The van der Waals surface area contributed by atoms with Crippen LogP contribution in [-0.2, 0) is 9.53 Å². The first-order valence-electron chi connectivity index (χ1n) is 4.90. The number of ether oxygens (including phenoxy) is 1. The molecule has 0 spiro atoms. The molecular formula is C11H17NO2. The van der Waals surface area contributed by atoms with Crippen molar-refractivity contribution in [2.24, 2.45) is 0 Å². The highest BCUT2D eigenvalue weighted by Crippen LogP contribution is 2.10. The van der Waals surface area contributed by atoms with E-state index < -0.39 is 0 Å². The minimum atomic E-state index is -0.0651. The highest BCUT2D eigenvalue weighted by atomic mass is 16.5. The van der Waals surface area contributed by atoms with E-state index in [4.69, 9.17) is 4.74 Å². The molecular weight excluding hydrogens is 178 g/mol. The van der Waals surface area contributed by atoms with Gasteiger partial charge in [-0.3, -0.25) is 4.79 Å². The molecule has 0 aromatic rings. The molecule has 0 saturated heterocycles. The van der Waals surface area contributed by atoms with Gasteiger partial charge >= 0.3 is 0 Å². The zero-order valence-corrected chi connectivity index (χ0v) is 8.75. The van der Waals surface area contributed by atoms with Crippen molar-refractivity contribution in [3.63, 3.8) is 0 Å². The average molecular weight is 195 g/mol. The fraction of sp³-hybridized carbons (Fsp3) is 0.545. The monoisotopic (exact) mass is 195 g/mol. The maximum atomic E-state index is 11.4. The molecule has 1 N–H and O–H groups in total. The summed E-state index contributed by atoms with van der Waals surface area (Å²) in [6, 6.07) is 0.286. The molecule has 0 radical (unpaired) electrons. The van der Waals surface area contributed by atoms with Crippen LogP contribution in [-0.4, -0.2) is 19.1 Å². The fourth-order valence-electron chi connectivity index (χ4n) is 1.41. The summed E-state index contributed by atoms with van der Waals surface area (Å²) in [5.74, 6) is 0.568. The first-order chi connectivity index (χ1) is 6.72. The molecule has 0 aromatic heterocycles. The highest BCUT2D eigenvalue weighted by molar-refractivity contribution is 5.88. The Morgan fingerprint density at radius 3 is 2.93 bits per heavy atom. The number of carbonyl (C=O) groups excluding carboxylic acids is 1. The van der Waals surface area contributed by atoms with Crippen molar-refractivity contribution in [1.29, 1.82) is 0 Å². The molecule has 3 heteroatoms. The van der Waals surface area contributed by atoms with Crippen LogP contribution in [0.25, 0.3) is 0 Å². The molecule has 1 aliphatic rings. The van der Waals surface area contributed by atoms with Crippen molar-refractivity contribution < 1.29 is 9.53 Å². The van der Waals surface area contributed by atoms with Crippen LogP contribution in [0, 0.1) is 0 Å². The lowest BCUT2D eigenvalue weighted by Crippen LogP contribution is -2.34. The Morgan fingerprint density at radius 1 is 1.57 bits per heavy atom. The average Bonchev–Trinajstić information content (AvgIpc) is 2.19. The largest absolute Gasteiger partial charge is 0.501 e. The van der Waals surface area contributed by atoms with E-state index in [1.54, 1.807) is 14.0 Å². The molecule has 78 valence electrons. The summed E-state index contributed by atoms with van der Waals surface area (Å²) < 4.78 is 4.90. The summed E-state index contributed by atoms with van der Waals surface area (Å²) in [4.78, 5) is 11.4. The van der Waals surface area contributed by atoms with E-state index in [0.29, 0.717) is 5.76 Å². The lowest BCUT2D eigenvalue weighted by molar-refractivity contribution is -0.117. The van der Waals surface area contributed by atoms with Gasteiger partial charge in [-0.05, 0) is 26.2 Å². The molecule has 0 heterocycles. The topological polar surface area (TPSA) is 38.3 Å². The van der Waals surface area contributed by atoms with E-state index in [1.165, 1.54) is 6.08 Å². The van der Waals surface area contributed by atoms with E-state index >= 15 is 0 Å². The molecule has 0 saturated carbocycles. The lowest BCUT2D eigenvalue weighted by atomic mass is 10.0. The number of carbonyl (C=O) groups is 1. The summed E-state index contributed by atoms with van der Waals surface area (Å²) in [5, 5.41) is 2.94. The summed E-state index contributed by atoms with van der Waals surface area (Å²) in [6.07, 6.45) is 8.77. The number of rotatable bonds is 3. The SMILES string of the molecule is COC(C)=CC(=O)NC1CC=CCC1. The molecule has 1 rings (SSSR count). The van der Waals surface area contributed by atoms with Gasteiger partial charge in [-0.1, -0.05) is 12.2 Å². The van der Waals surface area contributed by atoms with Crippen molar-refractivity contribution in [2.75, 3.05) is 7.11 Å².